The first kappa shape index (κ1) is 28.3. The topological polar surface area (TPSA) is 109 Å². The fourth-order valence-electron chi connectivity index (χ4n) is 4.75. The van der Waals surface area contributed by atoms with Crippen molar-refractivity contribution in [3.8, 4) is 17.2 Å². The molecule has 0 saturated carbocycles. The van der Waals surface area contributed by atoms with Crippen LogP contribution in [0, 0.1) is 0 Å². The van der Waals surface area contributed by atoms with Gasteiger partial charge in [0, 0.05) is 64.1 Å². The minimum atomic E-state index is -1.16. The second-order valence-corrected chi connectivity index (χ2v) is 10.9. The van der Waals surface area contributed by atoms with E-state index in [1.54, 1.807) is 14.1 Å². The number of β-amino-alcohol motifs (C(OH)–C–C–N with tert-alkyl or cyclic N) is 1. The molecule has 2 aliphatic rings. The Morgan fingerprint density at radius 3 is 2.53 bits per heavy atom. The molecule has 2 aromatic rings. The number of fused-ring (bicyclic) bond motifs is 1. The quantitative estimate of drug-likeness (QED) is 0.472. The maximum absolute atomic E-state index is 12.7. The number of hydrogen-bond acceptors (Lipinski definition) is 7. The maximum atomic E-state index is 12.7. The summed E-state index contributed by atoms with van der Waals surface area (Å²) in [5.41, 5.74) is 1.08. The molecule has 2 N–H and O–H groups in total. The van der Waals surface area contributed by atoms with Crippen molar-refractivity contribution < 1.29 is 34.0 Å². The molecule has 1 saturated heterocycles. The highest BCUT2D eigenvalue weighted by Crippen LogP contribution is 2.42. The predicted molar refractivity (Wildman–Crippen MR) is 143 cm³/mol. The van der Waals surface area contributed by atoms with Gasteiger partial charge in [0.15, 0.2) is 6.10 Å². The first-order valence-electron chi connectivity index (χ1n) is 12.4. The Kier molecular flexibility index (Phi) is 8.62. The predicted octanol–water partition coefficient (Wildman–Crippen LogP) is 3.76. The molecule has 1 spiro atoms. The molecule has 0 aromatic heterocycles. The second-order valence-electron chi connectivity index (χ2n) is 10.1. The molecule has 2 atom stereocenters. The van der Waals surface area contributed by atoms with Crippen molar-refractivity contribution in [3.63, 3.8) is 0 Å². The van der Waals surface area contributed by atoms with Crippen molar-refractivity contribution >= 4 is 35.1 Å². The van der Waals surface area contributed by atoms with Gasteiger partial charge in [0.2, 0.25) is 0 Å². The van der Waals surface area contributed by atoms with E-state index in [2.05, 4.69) is 4.90 Å². The van der Waals surface area contributed by atoms with Gasteiger partial charge in [-0.1, -0.05) is 23.2 Å². The molecule has 1 amide bonds. The monoisotopic (exact) mass is 566 g/mol. The number of carbonyl (C=O) groups excluding carboxylic acids is 1. The molecule has 38 heavy (non-hydrogen) atoms. The van der Waals surface area contributed by atoms with Crippen LogP contribution in [0.25, 0.3) is 0 Å². The molecular weight excluding hydrogens is 535 g/mol. The van der Waals surface area contributed by atoms with Crippen LogP contribution in [0.5, 0.6) is 17.2 Å². The van der Waals surface area contributed by atoms with Gasteiger partial charge in [-0.05, 0) is 36.8 Å². The van der Waals surface area contributed by atoms with Gasteiger partial charge < -0.3 is 34.2 Å². The van der Waals surface area contributed by atoms with Crippen LogP contribution in [0.4, 0.5) is 0 Å². The van der Waals surface area contributed by atoms with E-state index in [0.29, 0.717) is 11.6 Å². The van der Waals surface area contributed by atoms with Crippen molar-refractivity contribution in [2.45, 2.75) is 44.0 Å². The third-order valence-corrected chi connectivity index (χ3v) is 7.38. The van der Waals surface area contributed by atoms with E-state index in [-0.39, 0.29) is 40.2 Å². The van der Waals surface area contributed by atoms with E-state index >= 15 is 0 Å². The number of carbonyl (C=O) groups is 2. The summed E-state index contributed by atoms with van der Waals surface area (Å²) in [4.78, 5) is 27.5. The van der Waals surface area contributed by atoms with Gasteiger partial charge in [0.1, 0.15) is 35.6 Å². The minimum Gasteiger partial charge on any atom is -0.490 e. The van der Waals surface area contributed by atoms with Crippen LogP contribution in [0.15, 0.2) is 30.3 Å². The van der Waals surface area contributed by atoms with Crippen LogP contribution in [0.3, 0.4) is 0 Å². The number of aliphatic carboxylic acids is 1. The van der Waals surface area contributed by atoms with E-state index in [9.17, 15) is 14.7 Å². The minimum absolute atomic E-state index is 0.0709. The number of amides is 1. The fourth-order valence-corrected chi connectivity index (χ4v) is 5.16. The van der Waals surface area contributed by atoms with E-state index < -0.39 is 18.2 Å². The van der Waals surface area contributed by atoms with Crippen LogP contribution >= 0.6 is 23.2 Å². The number of piperidine rings is 1. The largest absolute Gasteiger partial charge is 0.490 e. The van der Waals surface area contributed by atoms with Crippen molar-refractivity contribution in [1.82, 2.24) is 9.80 Å². The molecule has 9 nitrogen and oxygen atoms in total. The van der Waals surface area contributed by atoms with Crippen LogP contribution in [-0.4, -0.2) is 90.0 Å². The van der Waals surface area contributed by atoms with Crippen molar-refractivity contribution in [2.24, 2.45) is 0 Å². The molecule has 4 rings (SSSR count). The van der Waals surface area contributed by atoms with E-state index in [1.165, 1.54) is 24.0 Å². The molecule has 0 aliphatic carbocycles. The second kappa shape index (κ2) is 11.6. The van der Waals surface area contributed by atoms with Gasteiger partial charge in [0.05, 0.1) is 10.6 Å². The Balaban J connectivity index is 1.36. The van der Waals surface area contributed by atoms with Crippen molar-refractivity contribution in [2.75, 3.05) is 40.3 Å². The number of rotatable bonds is 9. The summed E-state index contributed by atoms with van der Waals surface area (Å²) in [7, 11) is 3.19. The average Bonchev–Trinajstić information content (AvgIpc) is 3.21. The molecule has 206 valence electrons. The molecule has 11 heteroatoms. The van der Waals surface area contributed by atoms with Gasteiger partial charge in [0.25, 0.3) is 5.91 Å². The summed E-state index contributed by atoms with van der Waals surface area (Å²) in [6, 6.07) is 8.49. The number of carboxylic acid groups (broad SMARTS) is 1. The number of nitrogens with zero attached hydrogens (tertiary/aromatic N) is 2. The van der Waals surface area contributed by atoms with Crippen LogP contribution in [0.1, 0.15) is 35.7 Å². The lowest BCUT2D eigenvalue weighted by atomic mass is 9.87. The molecule has 0 bridgehead atoms. The van der Waals surface area contributed by atoms with Gasteiger partial charge in [-0.25, -0.2) is 4.79 Å². The number of carboxylic acids is 1. The molecule has 2 aromatic carbocycles. The lowest BCUT2D eigenvalue weighted by Gasteiger charge is -2.39. The van der Waals surface area contributed by atoms with Crippen molar-refractivity contribution in [1.29, 1.82) is 0 Å². The number of benzene rings is 2. The zero-order valence-corrected chi connectivity index (χ0v) is 23.1. The number of likely N-dealkylation sites (tertiary alicyclic amines) is 1. The summed E-state index contributed by atoms with van der Waals surface area (Å²) in [5.74, 6) is -0.404. The number of halogens is 2. The summed E-state index contributed by atoms with van der Waals surface area (Å²) in [6.45, 7) is 3.20. The highest BCUT2D eigenvalue weighted by molar-refractivity contribution is 6.32. The maximum Gasteiger partial charge on any atom is 0.344 e. The Labute approximate surface area is 231 Å². The first-order valence-corrected chi connectivity index (χ1v) is 13.2. The van der Waals surface area contributed by atoms with E-state index in [0.717, 1.165) is 43.7 Å². The first-order chi connectivity index (χ1) is 18.0. The smallest absolute Gasteiger partial charge is 0.344 e. The molecular formula is C27H32Cl2N2O7. The summed E-state index contributed by atoms with van der Waals surface area (Å²) in [5, 5.41) is 20.7. The molecule has 1 unspecified atom stereocenters. The normalized spacial score (nSPS) is 17.8. The standard InChI is InChI=1S/C27H32Cl2N2O7/c1-16(26(34)35)37-24-12-23(20(11-21(24)29)25(33)30(2)3)36-15-19(32)14-31-8-6-27(7-9-31)13-17-10-18(28)4-5-22(17)38-27/h4-5,10-12,16,19,32H,6-9,13-15H2,1-3H3,(H,34,35)/t16?,19-/m0/s1. The van der Waals surface area contributed by atoms with Gasteiger partial charge in [-0.2, -0.15) is 0 Å². The van der Waals surface area contributed by atoms with Gasteiger partial charge in [-0.3, -0.25) is 4.79 Å². The van der Waals surface area contributed by atoms with Crippen LogP contribution in [-0.2, 0) is 11.2 Å². The number of ether oxygens (including phenoxy) is 3. The SMILES string of the molecule is CC(Oc1cc(OC[C@@H](O)CN2CCC3(CC2)Cc2cc(Cl)ccc2O3)c(C(=O)N(C)C)cc1Cl)C(=O)O. The highest BCUT2D eigenvalue weighted by atomic mass is 35.5. The van der Waals surface area contributed by atoms with E-state index in [1.807, 2.05) is 18.2 Å². The molecule has 2 heterocycles. The summed E-state index contributed by atoms with van der Waals surface area (Å²) in [6.07, 6.45) is 0.497. The zero-order valence-electron chi connectivity index (χ0n) is 21.6. The van der Waals surface area contributed by atoms with Gasteiger partial charge >= 0.3 is 5.97 Å². The summed E-state index contributed by atoms with van der Waals surface area (Å²) < 4.78 is 17.6. The number of aliphatic hydroxyl groups excluding tert-OH is 1. The molecule has 2 aliphatic heterocycles. The third-order valence-electron chi connectivity index (χ3n) is 6.85. The van der Waals surface area contributed by atoms with Crippen molar-refractivity contribution in [3.05, 3.63) is 51.5 Å². The van der Waals surface area contributed by atoms with Crippen LogP contribution < -0.4 is 14.2 Å². The lowest BCUT2D eigenvalue weighted by Crippen LogP contribution is -2.49. The Morgan fingerprint density at radius 1 is 1.16 bits per heavy atom. The van der Waals surface area contributed by atoms with E-state index in [4.69, 9.17) is 42.5 Å². The van der Waals surface area contributed by atoms with Crippen LogP contribution in [0.2, 0.25) is 10.0 Å². The fraction of sp³-hybridized carbons (Fsp3) is 0.481. The van der Waals surface area contributed by atoms with Gasteiger partial charge in [-0.15, -0.1) is 0 Å². The molecule has 1 fully saturated rings. The summed E-state index contributed by atoms with van der Waals surface area (Å²) >= 11 is 12.4. The number of aliphatic hydroxyl groups is 1. The average molecular weight is 567 g/mol. The molecule has 0 radical (unpaired) electrons. The Morgan fingerprint density at radius 2 is 1.87 bits per heavy atom. The third kappa shape index (κ3) is 6.46. The Hall–Kier alpha value is -2.72. The Bertz CT molecular complexity index is 1200. The lowest BCUT2D eigenvalue weighted by molar-refractivity contribution is -0.144. The zero-order chi connectivity index (χ0) is 27.6. The highest BCUT2D eigenvalue weighted by Gasteiger charge is 2.42. The number of hydrogen-bond donors (Lipinski definition) is 2.